The first-order chi connectivity index (χ1) is 13.5. The van der Waals surface area contributed by atoms with Gasteiger partial charge < -0.3 is 10.2 Å². The fraction of sp³-hybridized carbons (Fsp3) is 0.438. The Morgan fingerprint density at radius 1 is 1.00 bits per heavy atom. The molecule has 0 saturated carbocycles. The number of halogens is 7. The molecule has 3 heterocycles. The van der Waals surface area contributed by atoms with Gasteiger partial charge in [0, 0.05) is 26.2 Å². The van der Waals surface area contributed by atoms with Crippen molar-refractivity contribution < 1.29 is 30.7 Å². The van der Waals surface area contributed by atoms with Gasteiger partial charge in [-0.3, -0.25) is 0 Å². The zero-order valence-corrected chi connectivity index (χ0v) is 14.8. The van der Waals surface area contributed by atoms with Crippen molar-refractivity contribution in [3.05, 3.63) is 29.1 Å². The number of hydrogen-bond donors (Lipinski definition) is 1. The number of fused-ring (bicyclic) bond motifs is 3. The summed E-state index contributed by atoms with van der Waals surface area (Å²) >= 11 is 0. The number of benzene rings is 1. The van der Waals surface area contributed by atoms with Gasteiger partial charge in [-0.1, -0.05) is 0 Å². The highest BCUT2D eigenvalue weighted by Crippen LogP contribution is 2.46. The Kier molecular flexibility index (Phi) is 4.33. The van der Waals surface area contributed by atoms with Gasteiger partial charge in [0.05, 0.1) is 11.1 Å². The molecule has 1 saturated heterocycles. The van der Waals surface area contributed by atoms with E-state index in [1.807, 2.05) is 0 Å². The highest BCUT2D eigenvalue weighted by atomic mass is 19.4. The smallest absolute Gasteiger partial charge is 0.351 e. The van der Waals surface area contributed by atoms with Crippen LogP contribution in [0.4, 0.5) is 36.6 Å². The molecule has 2 aromatic heterocycles. The Morgan fingerprint density at radius 2 is 1.66 bits per heavy atom. The second-order valence-electron chi connectivity index (χ2n) is 6.56. The van der Waals surface area contributed by atoms with Crippen LogP contribution in [0.15, 0.2) is 6.07 Å². The molecule has 1 aromatic carbocycles. The summed E-state index contributed by atoms with van der Waals surface area (Å²) in [6, 6.07) is 0.219. The quantitative estimate of drug-likeness (QED) is 0.644. The van der Waals surface area contributed by atoms with Crippen LogP contribution in [0.1, 0.15) is 11.4 Å². The molecular weight excluding hydrogens is 409 g/mol. The number of anilines is 1. The van der Waals surface area contributed by atoms with Crippen LogP contribution in [-0.4, -0.2) is 51.9 Å². The Morgan fingerprint density at radius 3 is 2.28 bits per heavy atom. The van der Waals surface area contributed by atoms with Crippen LogP contribution >= 0.6 is 0 Å². The SMILES string of the molecule is Cc1nc2c(N3CCNCC3)nc3c(F)c(F)c(C(F)(F)C(F)(F)F)cc3n2n1. The van der Waals surface area contributed by atoms with Crippen molar-refractivity contribution in [1.82, 2.24) is 24.9 Å². The zero-order chi connectivity index (χ0) is 21.1. The standard InChI is InChI=1S/C16H13F7N6/c1-7-25-14-13(28-4-2-24-3-5-28)26-12-9(29(14)27-7)6-8(10(17)11(12)18)15(19,20)16(21,22)23/h6,24H,2-5H2,1H3. The van der Waals surface area contributed by atoms with Gasteiger partial charge in [0.2, 0.25) is 0 Å². The summed E-state index contributed by atoms with van der Waals surface area (Å²) in [4.78, 5) is 9.87. The van der Waals surface area contributed by atoms with Gasteiger partial charge in [0.1, 0.15) is 11.3 Å². The molecule has 1 aliphatic rings. The van der Waals surface area contributed by atoms with E-state index >= 15 is 0 Å². The number of hydrogen-bond acceptors (Lipinski definition) is 5. The largest absolute Gasteiger partial charge is 0.458 e. The molecule has 6 nitrogen and oxygen atoms in total. The summed E-state index contributed by atoms with van der Waals surface area (Å²) in [6.07, 6.45) is -6.11. The minimum atomic E-state index is -6.11. The molecule has 156 valence electrons. The molecule has 0 amide bonds. The monoisotopic (exact) mass is 422 g/mol. The van der Waals surface area contributed by atoms with Gasteiger partial charge >= 0.3 is 12.1 Å². The molecule has 1 N–H and O–H groups in total. The second kappa shape index (κ2) is 6.40. The Labute approximate surface area is 158 Å². The van der Waals surface area contributed by atoms with E-state index in [2.05, 4.69) is 20.4 Å². The summed E-state index contributed by atoms with van der Waals surface area (Å²) in [6.45, 7) is 3.52. The van der Waals surface area contributed by atoms with Crippen LogP contribution in [0.3, 0.4) is 0 Å². The highest BCUT2D eigenvalue weighted by Gasteiger charge is 2.60. The molecule has 0 aliphatic carbocycles. The summed E-state index contributed by atoms with van der Waals surface area (Å²) < 4.78 is 95.7. The van der Waals surface area contributed by atoms with Crippen molar-refractivity contribution >= 4 is 22.5 Å². The van der Waals surface area contributed by atoms with Crippen molar-refractivity contribution in [2.45, 2.75) is 19.0 Å². The van der Waals surface area contributed by atoms with Crippen LogP contribution < -0.4 is 10.2 Å². The molecule has 1 fully saturated rings. The molecule has 13 heteroatoms. The Hall–Kier alpha value is -2.70. The third-order valence-electron chi connectivity index (χ3n) is 4.63. The number of rotatable bonds is 2. The van der Waals surface area contributed by atoms with Gasteiger partial charge in [-0.05, 0) is 13.0 Å². The van der Waals surface area contributed by atoms with E-state index in [0.29, 0.717) is 26.2 Å². The topological polar surface area (TPSA) is 58.4 Å². The van der Waals surface area contributed by atoms with E-state index < -0.39 is 40.3 Å². The molecule has 3 aromatic rings. The first-order valence-corrected chi connectivity index (χ1v) is 8.48. The van der Waals surface area contributed by atoms with Crippen LogP contribution in [0.2, 0.25) is 0 Å². The first kappa shape index (κ1) is 19.6. The lowest BCUT2D eigenvalue weighted by atomic mass is 10.1. The number of aromatic nitrogens is 4. The molecule has 0 spiro atoms. The van der Waals surface area contributed by atoms with Crippen LogP contribution in [-0.2, 0) is 5.92 Å². The molecular formula is C16H13F7N6. The average Bonchev–Trinajstić information content (AvgIpc) is 3.05. The number of nitrogens with one attached hydrogen (secondary N) is 1. The summed E-state index contributed by atoms with van der Waals surface area (Å²) in [5.74, 6) is -9.54. The lowest BCUT2D eigenvalue weighted by Gasteiger charge is -2.28. The third-order valence-corrected chi connectivity index (χ3v) is 4.63. The van der Waals surface area contributed by atoms with E-state index in [-0.39, 0.29) is 23.4 Å². The van der Waals surface area contributed by atoms with E-state index in [1.165, 1.54) is 6.92 Å². The predicted molar refractivity (Wildman–Crippen MR) is 88.0 cm³/mol. The molecule has 0 radical (unpaired) electrons. The molecule has 29 heavy (non-hydrogen) atoms. The summed E-state index contributed by atoms with van der Waals surface area (Å²) in [7, 11) is 0. The number of nitrogens with zero attached hydrogens (tertiary/aromatic N) is 5. The number of aryl methyl sites for hydroxylation is 1. The lowest BCUT2D eigenvalue weighted by Crippen LogP contribution is -2.44. The van der Waals surface area contributed by atoms with E-state index in [9.17, 15) is 30.7 Å². The van der Waals surface area contributed by atoms with Crippen molar-refractivity contribution in [3.8, 4) is 0 Å². The second-order valence-corrected chi connectivity index (χ2v) is 6.56. The van der Waals surface area contributed by atoms with Crippen LogP contribution in [0.25, 0.3) is 16.7 Å². The fourth-order valence-corrected chi connectivity index (χ4v) is 3.22. The zero-order valence-electron chi connectivity index (χ0n) is 14.8. The van der Waals surface area contributed by atoms with Crippen molar-refractivity contribution in [2.24, 2.45) is 0 Å². The maximum absolute atomic E-state index is 14.6. The van der Waals surface area contributed by atoms with Crippen molar-refractivity contribution in [2.75, 3.05) is 31.1 Å². The average molecular weight is 422 g/mol. The maximum Gasteiger partial charge on any atom is 0.458 e. The molecule has 0 unspecified atom stereocenters. The minimum absolute atomic E-state index is 0.0455. The lowest BCUT2D eigenvalue weighted by molar-refractivity contribution is -0.290. The molecule has 4 rings (SSSR count). The fourth-order valence-electron chi connectivity index (χ4n) is 3.22. The number of piperazine rings is 1. The van der Waals surface area contributed by atoms with Gasteiger partial charge in [-0.15, -0.1) is 0 Å². The van der Waals surface area contributed by atoms with E-state index in [0.717, 1.165) is 4.52 Å². The summed E-state index contributed by atoms with van der Waals surface area (Å²) in [5.41, 5.74) is -3.35. The Balaban J connectivity index is 2.05. The maximum atomic E-state index is 14.6. The summed E-state index contributed by atoms with van der Waals surface area (Å²) in [5, 5.41) is 7.06. The van der Waals surface area contributed by atoms with Gasteiger partial charge in [-0.2, -0.15) is 27.1 Å². The predicted octanol–water partition coefficient (Wildman–Crippen LogP) is 2.93. The first-order valence-electron chi connectivity index (χ1n) is 8.48. The molecule has 1 aliphatic heterocycles. The van der Waals surface area contributed by atoms with Gasteiger partial charge in [0.25, 0.3) is 0 Å². The minimum Gasteiger partial charge on any atom is -0.351 e. The highest BCUT2D eigenvalue weighted by molar-refractivity contribution is 5.84. The van der Waals surface area contributed by atoms with E-state index in [1.54, 1.807) is 4.90 Å². The van der Waals surface area contributed by atoms with Crippen LogP contribution in [0.5, 0.6) is 0 Å². The third kappa shape index (κ3) is 2.94. The van der Waals surface area contributed by atoms with Crippen LogP contribution in [0, 0.1) is 18.6 Å². The molecule has 0 atom stereocenters. The van der Waals surface area contributed by atoms with E-state index in [4.69, 9.17) is 0 Å². The number of alkyl halides is 5. The van der Waals surface area contributed by atoms with Crippen molar-refractivity contribution in [3.63, 3.8) is 0 Å². The molecule has 0 bridgehead atoms. The normalized spacial score (nSPS) is 16.2. The van der Waals surface area contributed by atoms with Crippen molar-refractivity contribution in [1.29, 1.82) is 0 Å². The van der Waals surface area contributed by atoms with Gasteiger partial charge in [-0.25, -0.2) is 23.3 Å². The Bertz CT molecular complexity index is 1100. The van der Waals surface area contributed by atoms with Gasteiger partial charge in [0.15, 0.2) is 23.1 Å².